The molecule has 0 aliphatic carbocycles. The fraction of sp³-hybridized carbons (Fsp3) is 0.200. The fourth-order valence-electron chi connectivity index (χ4n) is 2.49. The highest BCUT2D eigenvalue weighted by Crippen LogP contribution is 2.16. The van der Waals surface area contributed by atoms with Crippen molar-refractivity contribution in [2.75, 3.05) is 13.2 Å². The van der Waals surface area contributed by atoms with Crippen LogP contribution in [0.25, 0.3) is 10.9 Å². The molecule has 3 aromatic rings. The molecule has 1 heterocycles. The number of fused-ring (bicyclic) bond motifs is 1. The van der Waals surface area contributed by atoms with Crippen LogP contribution in [0.15, 0.2) is 60.7 Å². The van der Waals surface area contributed by atoms with Gasteiger partial charge in [-0.3, -0.25) is 4.79 Å². The van der Waals surface area contributed by atoms with Gasteiger partial charge in [-0.25, -0.2) is 4.98 Å². The molecule has 0 aliphatic heterocycles. The van der Waals surface area contributed by atoms with E-state index in [2.05, 4.69) is 10.3 Å². The average Bonchev–Trinajstić information content (AvgIpc) is 2.65. The van der Waals surface area contributed by atoms with Crippen molar-refractivity contribution in [3.05, 3.63) is 71.9 Å². The number of ether oxygens (including phenoxy) is 1. The van der Waals surface area contributed by atoms with Crippen LogP contribution in [0.2, 0.25) is 0 Å². The van der Waals surface area contributed by atoms with Gasteiger partial charge in [0.2, 0.25) is 5.91 Å². The van der Waals surface area contributed by atoms with Gasteiger partial charge in [0, 0.05) is 11.9 Å². The maximum atomic E-state index is 11.6. The summed E-state index contributed by atoms with van der Waals surface area (Å²) in [6, 6.07) is 19.4. The van der Waals surface area contributed by atoms with Gasteiger partial charge in [0.25, 0.3) is 0 Å². The number of amides is 1. The molecule has 0 spiro atoms. The molecule has 1 aromatic heterocycles. The highest BCUT2D eigenvalue weighted by molar-refractivity contribution is 5.79. The van der Waals surface area contributed by atoms with Crippen LogP contribution in [0, 0.1) is 0 Å². The molecule has 5 nitrogen and oxygen atoms in total. The van der Waals surface area contributed by atoms with E-state index in [-0.39, 0.29) is 25.5 Å². The number of aromatic nitrogens is 1. The van der Waals surface area contributed by atoms with Gasteiger partial charge < -0.3 is 15.2 Å². The van der Waals surface area contributed by atoms with Crippen LogP contribution in [-0.4, -0.2) is 29.1 Å². The van der Waals surface area contributed by atoms with Crippen molar-refractivity contribution in [3.8, 4) is 5.75 Å². The summed E-state index contributed by atoms with van der Waals surface area (Å²) in [5.41, 5.74) is 2.71. The smallest absolute Gasteiger partial charge is 0.224 e. The normalized spacial score (nSPS) is 10.6. The summed E-state index contributed by atoms with van der Waals surface area (Å²) in [6.45, 7) is 0.612. The number of rotatable bonds is 7. The Morgan fingerprint density at radius 3 is 2.64 bits per heavy atom. The Hall–Kier alpha value is -2.92. The van der Waals surface area contributed by atoms with Gasteiger partial charge in [0.05, 0.1) is 24.2 Å². The molecule has 2 N–H and O–H groups in total. The lowest BCUT2D eigenvalue weighted by Crippen LogP contribution is -2.27. The van der Waals surface area contributed by atoms with Crippen molar-refractivity contribution in [2.24, 2.45) is 0 Å². The standard InChI is InChI=1S/C20H20N2O3/c23-12-11-21-20(24)13-15-5-9-18(10-6-15)25-14-17-8-7-16-3-1-2-4-19(16)22-17/h1-10,23H,11-14H2,(H,21,24). The first kappa shape index (κ1) is 16.9. The molecule has 0 saturated heterocycles. The average molecular weight is 336 g/mol. The van der Waals surface area contributed by atoms with E-state index in [1.165, 1.54) is 0 Å². The summed E-state index contributed by atoms with van der Waals surface area (Å²) in [5.74, 6) is 0.623. The molecule has 128 valence electrons. The number of benzene rings is 2. The van der Waals surface area contributed by atoms with Crippen LogP contribution in [0.3, 0.4) is 0 Å². The number of hydrogen-bond acceptors (Lipinski definition) is 4. The molecular formula is C20H20N2O3. The summed E-state index contributed by atoms with van der Waals surface area (Å²) in [6.07, 6.45) is 0.284. The van der Waals surface area contributed by atoms with Crippen LogP contribution in [0.1, 0.15) is 11.3 Å². The SMILES string of the molecule is O=C(Cc1ccc(OCc2ccc3ccccc3n2)cc1)NCCO. The Labute approximate surface area is 146 Å². The van der Waals surface area contributed by atoms with E-state index in [1.54, 1.807) is 0 Å². The molecule has 0 fully saturated rings. The summed E-state index contributed by atoms with van der Waals surface area (Å²) in [5, 5.41) is 12.4. The Morgan fingerprint density at radius 2 is 1.84 bits per heavy atom. The second-order valence-corrected chi connectivity index (χ2v) is 5.68. The minimum atomic E-state index is -0.108. The predicted octanol–water partition coefficient (Wildman–Crippen LogP) is 2.46. The maximum absolute atomic E-state index is 11.6. The molecule has 1 amide bonds. The van der Waals surface area contributed by atoms with Gasteiger partial charge in [0.15, 0.2) is 0 Å². The zero-order chi connectivity index (χ0) is 17.5. The molecule has 3 rings (SSSR count). The van der Waals surface area contributed by atoms with E-state index in [1.807, 2.05) is 60.7 Å². The summed E-state index contributed by atoms with van der Waals surface area (Å²) < 4.78 is 5.77. The van der Waals surface area contributed by atoms with Crippen molar-refractivity contribution in [3.63, 3.8) is 0 Å². The van der Waals surface area contributed by atoms with Gasteiger partial charge in [-0.2, -0.15) is 0 Å². The van der Waals surface area contributed by atoms with Crippen molar-refractivity contribution in [1.82, 2.24) is 10.3 Å². The number of pyridine rings is 1. The Bertz CT molecular complexity index is 847. The summed E-state index contributed by atoms with van der Waals surface area (Å²) in [7, 11) is 0. The third kappa shape index (κ3) is 4.78. The summed E-state index contributed by atoms with van der Waals surface area (Å²) in [4.78, 5) is 16.2. The number of aliphatic hydroxyl groups excluding tert-OH is 1. The second kappa shape index (κ2) is 8.26. The number of hydrogen-bond donors (Lipinski definition) is 2. The van der Waals surface area contributed by atoms with E-state index in [0.29, 0.717) is 6.61 Å². The zero-order valence-corrected chi connectivity index (χ0v) is 13.8. The van der Waals surface area contributed by atoms with Gasteiger partial charge in [-0.05, 0) is 29.8 Å². The first-order valence-corrected chi connectivity index (χ1v) is 8.18. The van der Waals surface area contributed by atoms with Gasteiger partial charge >= 0.3 is 0 Å². The van der Waals surface area contributed by atoms with Crippen molar-refractivity contribution >= 4 is 16.8 Å². The number of carbonyl (C=O) groups excluding carboxylic acids is 1. The van der Waals surface area contributed by atoms with Crippen LogP contribution in [0.4, 0.5) is 0 Å². The zero-order valence-electron chi connectivity index (χ0n) is 13.8. The highest BCUT2D eigenvalue weighted by atomic mass is 16.5. The van der Waals surface area contributed by atoms with Crippen molar-refractivity contribution in [1.29, 1.82) is 0 Å². The largest absolute Gasteiger partial charge is 0.487 e. The van der Waals surface area contributed by atoms with Crippen molar-refractivity contribution < 1.29 is 14.6 Å². The van der Waals surface area contributed by atoms with Gasteiger partial charge in [0.1, 0.15) is 12.4 Å². The first-order valence-electron chi connectivity index (χ1n) is 8.18. The van der Waals surface area contributed by atoms with Gasteiger partial charge in [-0.15, -0.1) is 0 Å². The minimum Gasteiger partial charge on any atom is -0.487 e. The number of para-hydroxylation sites is 1. The highest BCUT2D eigenvalue weighted by Gasteiger charge is 2.04. The molecule has 0 aliphatic rings. The van der Waals surface area contributed by atoms with Gasteiger partial charge in [-0.1, -0.05) is 36.4 Å². The number of aliphatic hydroxyl groups is 1. The molecule has 0 atom stereocenters. The minimum absolute atomic E-state index is 0.0542. The molecule has 0 bridgehead atoms. The molecule has 25 heavy (non-hydrogen) atoms. The Morgan fingerprint density at radius 1 is 1.04 bits per heavy atom. The maximum Gasteiger partial charge on any atom is 0.224 e. The topological polar surface area (TPSA) is 71.5 Å². The van der Waals surface area contributed by atoms with E-state index in [9.17, 15) is 4.79 Å². The number of nitrogens with zero attached hydrogens (tertiary/aromatic N) is 1. The van der Waals surface area contributed by atoms with Crippen LogP contribution in [0.5, 0.6) is 5.75 Å². The Balaban J connectivity index is 1.56. The van der Waals surface area contributed by atoms with Crippen molar-refractivity contribution in [2.45, 2.75) is 13.0 Å². The van der Waals surface area contributed by atoms with Crippen LogP contribution < -0.4 is 10.1 Å². The molecule has 0 radical (unpaired) electrons. The monoisotopic (exact) mass is 336 g/mol. The predicted molar refractivity (Wildman–Crippen MR) is 96.3 cm³/mol. The van der Waals surface area contributed by atoms with Crippen LogP contribution >= 0.6 is 0 Å². The molecule has 5 heteroatoms. The lowest BCUT2D eigenvalue weighted by molar-refractivity contribution is -0.120. The van der Waals surface area contributed by atoms with E-state index >= 15 is 0 Å². The first-order chi connectivity index (χ1) is 12.2. The van der Waals surface area contributed by atoms with E-state index in [0.717, 1.165) is 27.9 Å². The molecular weight excluding hydrogens is 316 g/mol. The van der Waals surface area contributed by atoms with E-state index < -0.39 is 0 Å². The quantitative estimate of drug-likeness (QED) is 0.695. The molecule has 2 aromatic carbocycles. The van der Waals surface area contributed by atoms with Crippen LogP contribution in [-0.2, 0) is 17.8 Å². The fourth-order valence-corrected chi connectivity index (χ4v) is 2.49. The lowest BCUT2D eigenvalue weighted by Gasteiger charge is -2.08. The van der Waals surface area contributed by atoms with E-state index in [4.69, 9.17) is 9.84 Å². The third-order valence-electron chi connectivity index (χ3n) is 3.76. The molecule has 0 saturated carbocycles. The number of nitrogens with one attached hydrogen (secondary N) is 1. The third-order valence-corrected chi connectivity index (χ3v) is 3.76. The second-order valence-electron chi connectivity index (χ2n) is 5.68. The number of carbonyl (C=O) groups is 1. The lowest BCUT2D eigenvalue weighted by atomic mass is 10.1. The Kier molecular flexibility index (Phi) is 5.59. The summed E-state index contributed by atoms with van der Waals surface area (Å²) >= 11 is 0. The molecule has 0 unspecified atom stereocenters.